The minimum Gasteiger partial charge on any atom is -0.396 e. The molecule has 5 nitrogen and oxygen atoms in total. The van der Waals surface area contributed by atoms with E-state index in [1.54, 1.807) is 0 Å². The van der Waals surface area contributed by atoms with Crippen molar-refractivity contribution in [2.75, 3.05) is 19.2 Å². The van der Waals surface area contributed by atoms with E-state index in [-0.39, 0.29) is 18.8 Å². The Morgan fingerprint density at radius 2 is 1.90 bits per heavy atom. The number of hydrogen-bond acceptors (Lipinski definition) is 5. The fraction of sp³-hybridized carbons (Fsp3) is 1.00. The molecule has 0 aromatic rings. The summed E-state index contributed by atoms with van der Waals surface area (Å²) in [6.45, 7) is -1.04. The van der Waals surface area contributed by atoms with Crippen LogP contribution in [-0.2, 0) is 14.3 Å². The largest absolute Gasteiger partial charge is 0.396 e. The van der Waals surface area contributed by atoms with E-state index in [4.69, 9.17) is 10.2 Å². The summed E-state index contributed by atoms with van der Waals surface area (Å²) in [6.07, 6.45) is 0.127. The SMILES string of the molecule is O=S(=O)(CCCO)OCO. The van der Waals surface area contributed by atoms with Gasteiger partial charge in [-0.2, -0.15) is 8.42 Å². The van der Waals surface area contributed by atoms with Crippen LogP contribution in [0.1, 0.15) is 6.42 Å². The average Bonchev–Trinajstić information content (AvgIpc) is 1.84. The maximum Gasteiger partial charge on any atom is 0.269 e. The van der Waals surface area contributed by atoms with Crippen LogP contribution < -0.4 is 0 Å². The summed E-state index contributed by atoms with van der Waals surface area (Å²) in [5.41, 5.74) is 0. The van der Waals surface area contributed by atoms with Crippen molar-refractivity contribution >= 4 is 10.1 Å². The molecule has 0 saturated heterocycles. The molecule has 0 atom stereocenters. The van der Waals surface area contributed by atoms with E-state index in [0.717, 1.165) is 0 Å². The lowest BCUT2D eigenvalue weighted by atomic mass is 10.5. The van der Waals surface area contributed by atoms with Crippen molar-refractivity contribution < 1.29 is 22.8 Å². The highest BCUT2D eigenvalue weighted by atomic mass is 32.2. The molecule has 0 radical (unpaired) electrons. The van der Waals surface area contributed by atoms with E-state index in [0.29, 0.717) is 0 Å². The molecule has 0 aliphatic rings. The second kappa shape index (κ2) is 4.62. The Bertz CT molecular complexity index is 160. The molecule has 0 aliphatic carbocycles. The van der Waals surface area contributed by atoms with Crippen LogP contribution in [0.4, 0.5) is 0 Å². The lowest BCUT2D eigenvalue weighted by Gasteiger charge is -1.99. The van der Waals surface area contributed by atoms with Gasteiger partial charge in [0.1, 0.15) is 0 Å². The van der Waals surface area contributed by atoms with Crippen molar-refractivity contribution in [2.45, 2.75) is 6.42 Å². The number of aliphatic hydroxyl groups excluding tert-OH is 2. The Balaban J connectivity index is 3.65. The Morgan fingerprint density at radius 1 is 1.30 bits per heavy atom. The fourth-order valence-electron chi connectivity index (χ4n) is 0.381. The first-order valence-corrected chi connectivity index (χ1v) is 4.29. The molecular formula is C4H10O5S. The molecule has 62 valence electrons. The molecule has 0 bridgehead atoms. The van der Waals surface area contributed by atoms with Gasteiger partial charge in [-0.1, -0.05) is 0 Å². The second-order valence-electron chi connectivity index (χ2n) is 1.59. The van der Waals surface area contributed by atoms with Crippen LogP contribution in [0.5, 0.6) is 0 Å². The van der Waals surface area contributed by atoms with Gasteiger partial charge >= 0.3 is 0 Å². The number of hydrogen-bond donors (Lipinski definition) is 2. The van der Waals surface area contributed by atoms with Gasteiger partial charge in [-0.15, -0.1) is 0 Å². The fourth-order valence-corrected chi connectivity index (χ4v) is 1.14. The predicted molar refractivity (Wildman–Crippen MR) is 33.7 cm³/mol. The molecule has 0 fully saturated rings. The van der Waals surface area contributed by atoms with Crippen molar-refractivity contribution in [1.82, 2.24) is 0 Å². The van der Waals surface area contributed by atoms with E-state index in [9.17, 15) is 8.42 Å². The number of aliphatic hydroxyl groups is 2. The molecule has 10 heavy (non-hydrogen) atoms. The zero-order chi connectivity index (χ0) is 8.04. The zero-order valence-electron chi connectivity index (χ0n) is 5.36. The molecule has 0 saturated carbocycles. The highest BCUT2D eigenvalue weighted by molar-refractivity contribution is 7.86. The summed E-state index contributed by atoms with van der Waals surface area (Å²) in [5, 5.41) is 16.3. The smallest absolute Gasteiger partial charge is 0.269 e. The molecule has 0 unspecified atom stereocenters. The van der Waals surface area contributed by atoms with Crippen LogP contribution in [0, 0.1) is 0 Å². The van der Waals surface area contributed by atoms with Gasteiger partial charge in [0.2, 0.25) is 0 Å². The molecule has 0 heterocycles. The third kappa shape index (κ3) is 4.68. The highest BCUT2D eigenvalue weighted by Gasteiger charge is 2.08. The van der Waals surface area contributed by atoms with E-state index in [1.165, 1.54) is 0 Å². The van der Waals surface area contributed by atoms with Crippen molar-refractivity contribution in [3.8, 4) is 0 Å². The summed E-state index contributed by atoms with van der Waals surface area (Å²) >= 11 is 0. The maximum absolute atomic E-state index is 10.5. The van der Waals surface area contributed by atoms with Gasteiger partial charge < -0.3 is 10.2 Å². The van der Waals surface area contributed by atoms with Gasteiger partial charge in [0.15, 0.2) is 6.79 Å². The predicted octanol–water partition coefficient (Wildman–Crippen LogP) is -1.33. The summed E-state index contributed by atoms with van der Waals surface area (Å²) in [5.74, 6) is -0.260. The Morgan fingerprint density at radius 3 is 2.30 bits per heavy atom. The second-order valence-corrected chi connectivity index (χ2v) is 3.35. The molecule has 0 spiro atoms. The van der Waals surface area contributed by atoms with E-state index >= 15 is 0 Å². The summed E-state index contributed by atoms with van der Waals surface area (Å²) in [6, 6.07) is 0. The van der Waals surface area contributed by atoms with Crippen LogP contribution in [-0.4, -0.2) is 37.8 Å². The molecule has 2 N–H and O–H groups in total. The monoisotopic (exact) mass is 170 g/mol. The van der Waals surface area contributed by atoms with Gasteiger partial charge in [-0.05, 0) is 6.42 Å². The van der Waals surface area contributed by atoms with E-state index in [1.807, 2.05) is 0 Å². The molecule has 0 aromatic carbocycles. The molecule has 0 amide bonds. The molecule has 6 heteroatoms. The maximum atomic E-state index is 10.5. The first-order valence-electron chi connectivity index (χ1n) is 2.71. The first-order chi connectivity index (χ1) is 4.62. The quantitative estimate of drug-likeness (QED) is 0.394. The summed E-state index contributed by atoms with van der Waals surface area (Å²) < 4.78 is 24.9. The molecule has 0 aliphatic heterocycles. The van der Waals surface area contributed by atoms with Gasteiger partial charge in [-0.25, -0.2) is 4.18 Å². The van der Waals surface area contributed by atoms with Gasteiger partial charge in [0.05, 0.1) is 5.75 Å². The van der Waals surface area contributed by atoms with Crippen molar-refractivity contribution in [3.05, 3.63) is 0 Å². The summed E-state index contributed by atoms with van der Waals surface area (Å²) in [7, 11) is -3.60. The lowest BCUT2D eigenvalue weighted by Crippen LogP contribution is -2.12. The highest BCUT2D eigenvalue weighted by Crippen LogP contribution is 1.93. The summed E-state index contributed by atoms with van der Waals surface area (Å²) in [4.78, 5) is 0. The normalized spacial score (nSPS) is 11.8. The Hall–Kier alpha value is -0.170. The lowest BCUT2D eigenvalue weighted by molar-refractivity contribution is 0.104. The third-order valence-electron chi connectivity index (χ3n) is 0.785. The average molecular weight is 170 g/mol. The molecule has 0 aromatic heterocycles. The van der Waals surface area contributed by atoms with Gasteiger partial charge in [0.25, 0.3) is 10.1 Å². The van der Waals surface area contributed by atoms with Crippen LogP contribution >= 0.6 is 0 Å². The minimum absolute atomic E-state index is 0.127. The van der Waals surface area contributed by atoms with Crippen molar-refractivity contribution in [1.29, 1.82) is 0 Å². The van der Waals surface area contributed by atoms with E-state index < -0.39 is 16.9 Å². The van der Waals surface area contributed by atoms with Crippen LogP contribution in [0.2, 0.25) is 0 Å². The molecule has 0 rings (SSSR count). The third-order valence-corrected chi connectivity index (χ3v) is 2.04. The Kier molecular flexibility index (Phi) is 4.54. The Labute approximate surface area is 59.4 Å². The topological polar surface area (TPSA) is 83.8 Å². The minimum atomic E-state index is -3.60. The number of rotatable bonds is 5. The van der Waals surface area contributed by atoms with Crippen molar-refractivity contribution in [3.63, 3.8) is 0 Å². The van der Waals surface area contributed by atoms with E-state index in [2.05, 4.69) is 4.18 Å². The van der Waals surface area contributed by atoms with Crippen LogP contribution in [0.15, 0.2) is 0 Å². The van der Waals surface area contributed by atoms with Crippen molar-refractivity contribution in [2.24, 2.45) is 0 Å². The van der Waals surface area contributed by atoms with Gasteiger partial charge in [-0.3, -0.25) is 0 Å². The van der Waals surface area contributed by atoms with Gasteiger partial charge in [0, 0.05) is 6.61 Å². The standard InChI is InChI=1S/C4H10O5S/c5-2-1-3-10(7,8)9-4-6/h5-6H,1-4H2. The molecular weight excluding hydrogens is 160 g/mol. The van der Waals surface area contributed by atoms with Crippen LogP contribution in [0.25, 0.3) is 0 Å². The zero-order valence-corrected chi connectivity index (χ0v) is 6.17. The van der Waals surface area contributed by atoms with Crippen LogP contribution in [0.3, 0.4) is 0 Å². The first kappa shape index (κ1) is 9.83.